The number of benzene rings is 4. The molecule has 0 saturated heterocycles. The Morgan fingerprint density at radius 1 is 0.840 bits per heavy atom. The van der Waals surface area contributed by atoms with Gasteiger partial charge in [-0.05, 0) is 66.1 Å². The molecule has 0 saturated carbocycles. The summed E-state index contributed by atoms with van der Waals surface area (Å²) in [5.41, 5.74) is 0.595. The van der Waals surface area contributed by atoms with Crippen LogP contribution < -0.4 is 0 Å². The van der Waals surface area contributed by atoms with E-state index in [1.807, 2.05) is 17.9 Å². The Labute approximate surface area is 148 Å². The number of amides is 1. The van der Waals surface area contributed by atoms with Crippen molar-refractivity contribution in [3.05, 3.63) is 60.2 Å². The van der Waals surface area contributed by atoms with E-state index in [0.717, 1.165) is 10.9 Å². The smallest absolute Gasteiger partial charge is 0.254 e. The van der Waals surface area contributed by atoms with E-state index >= 15 is 0 Å². The first kappa shape index (κ1) is 15.9. The van der Waals surface area contributed by atoms with Crippen LogP contribution in [0, 0.1) is 0 Å². The third kappa shape index (κ3) is 2.36. The molecule has 126 valence electrons. The van der Waals surface area contributed by atoms with Crippen molar-refractivity contribution in [3.8, 4) is 0 Å². The fraction of sp³-hybridized carbons (Fsp3) is 0.261. The summed E-state index contributed by atoms with van der Waals surface area (Å²) in [6.07, 6.45) is 0. The van der Waals surface area contributed by atoms with Crippen molar-refractivity contribution in [3.63, 3.8) is 0 Å². The predicted octanol–water partition coefficient (Wildman–Crippen LogP) is 5.84. The molecule has 0 fully saturated rings. The van der Waals surface area contributed by atoms with Crippen LogP contribution in [0.2, 0.25) is 0 Å². The van der Waals surface area contributed by atoms with Crippen molar-refractivity contribution in [1.82, 2.24) is 4.90 Å². The highest BCUT2D eigenvalue weighted by atomic mass is 16.2. The highest BCUT2D eigenvalue weighted by molar-refractivity contribution is 6.26. The van der Waals surface area contributed by atoms with Gasteiger partial charge < -0.3 is 4.90 Å². The second kappa shape index (κ2) is 5.45. The predicted molar refractivity (Wildman–Crippen MR) is 107 cm³/mol. The van der Waals surface area contributed by atoms with E-state index in [0.29, 0.717) is 6.54 Å². The van der Waals surface area contributed by atoms with Crippen LogP contribution in [-0.4, -0.2) is 22.9 Å². The Kier molecular flexibility index (Phi) is 3.47. The highest BCUT2D eigenvalue weighted by Crippen LogP contribution is 2.36. The molecule has 25 heavy (non-hydrogen) atoms. The van der Waals surface area contributed by atoms with Crippen LogP contribution in [0.3, 0.4) is 0 Å². The lowest BCUT2D eigenvalue weighted by molar-refractivity contribution is 0.0601. The van der Waals surface area contributed by atoms with Crippen molar-refractivity contribution in [2.75, 3.05) is 6.54 Å². The largest absolute Gasteiger partial charge is 0.334 e. The zero-order chi connectivity index (χ0) is 17.8. The highest BCUT2D eigenvalue weighted by Gasteiger charge is 2.27. The number of hydrogen-bond donors (Lipinski definition) is 0. The number of carbonyl (C=O) groups excluding carboxylic acids is 1. The Bertz CT molecular complexity index is 1070. The molecule has 0 aromatic heterocycles. The number of nitrogens with zero attached hydrogens (tertiary/aromatic N) is 1. The molecular formula is C23H23NO. The fourth-order valence-electron chi connectivity index (χ4n) is 3.99. The minimum atomic E-state index is -0.199. The number of carbonyl (C=O) groups is 1. The van der Waals surface area contributed by atoms with Gasteiger partial charge in [-0.1, -0.05) is 48.5 Å². The summed E-state index contributed by atoms with van der Waals surface area (Å²) in [5.74, 6) is 0.105. The van der Waals surface area contributed by atoms with E-state index in [9.17, 15) is 4.79 Å². The van der Waals surface area contributed by atoms with E-state index in [1.54, 1.807) is 0 Å². The topological polar surface area (TPSA) is 20.3 Å². The summed E-state index contributed by atoms with van der Waals surface area (Å²) in [5, 5.41) is 7.15. The minimum Gasteiger partial charge on any atom is -0.334 e. The summed E-state index contributed by atoms with van der Waals surface area (Å²) in [6, 6.07) is 19.0. The first-order chi connectivity index (χ1) is 11.9. The van der Waals surface area contributed by atoms with Crippen LogP contribution in [0.25, 0.3) is 32.3 Å². The number of rotatable bonds is 2. The zero-order valence-electron chi connectivity index (χ0n) is 15.3. The van der Waals surface area contributed by atoms with Gasteiger partial charge >= 0.3 is 0 Å². The summed E-state index contributed by atoms with van der Waals surface area (Å²) < 4.78 is 0. The van der Waals surface area contributed by atoms with Crippen LogP contribution in [0.5, 0.6) is 0 Å². The standard InChI is InChI=1S/C23H23NO/c1-5-24(23(2,3)4)22(25)19-14-12-17-10-9-15-7-6-8-16-11-13-18(19)21(17)20(15)16/h6-14H,5H2,1-4H3. The first-order valence-corrected chi connectivity index (χ1v) is 8.90. The molecule has 0 heterocycles. The van der Waals surface area contributed by atoms with Gasteiger partial charge in [0.25, 0.3) is 5.91 Å². The van der Waals surface area contributed by atoms with E-state index in [-0.39, 0.29) is 11.4 Å². The van der Waals surface area contributed by atoms with Crippen molar-refractivity contribution in [2.24, 2.45) is 0 Å². The second-order valence-corrected chi connectivity index (χ2v) is 7.69. The molecule has 0 N–H and O–H groups in total. The van der Waals surface area contributed by atoms with Crippen LogP contribution in [-0.2, 0) is 0 Å². The van der Waals surface area contributed by atoms with Gasteiger partial charge in [0.05, 0.1) is 0 Å². The number of hydrogen-bond acceptors (Lipinski definition) is 1. The molecule has 0 atom stereocenters. The molecule has 0 radical (unpaired) electrons. The normalized spacial score (nSPS) is 12.3. The minimum absolute atomic E-state index is 0.105. The van der Waals surface area contributed by atoms with Crippen LogP contribution in [0.1, 0.15) is 38.1 Å². The Hall–Kier alpha value is -2.61. The van der Waals surface area contributed by atoms with Crippen molar-refractivity contribution in [1.29, 1.82) is 0 Å². The van der Waals surface area contributed by atoms with Crippen LogP contribution >= 0.6 is 0 Å². The third-order valence-corrected chi connectivity index (χ3v) is 5.13. The van der Waals surface area contributed by atoms with Gasteiger partial charge in [-0.2, -0.15) is 0 Å². The average Bonchev–Trinajstić information content (AvgIpc) is 2.58. The van der Waals surface area contributed by atoms with Crippen molar-refractivity contribution >= 4 is 38.2 Å². The molecule has 2 nitrogen and oxygen atoms in total. The molecule has 4 rings (SSSR count). The molecule has 0 aliphatic rings. The van der Waals surface area contributed by atoms with E-state index < -0.39 is 0 Å². The average molecular weight is 329 g/mol. The Morgan fingerprint density at radius 3 is 2.00 bits per heavy atom. The molecule has 4 aromatic carbocycles. The van der Waals surface area contributed by atoms with E-state index in [4.69, 9.17) is 0 Å². The van der Waals surface area contributed by atoms with Gasteiger partial charge in [0.2, 0.25) is 0 Å². The summed E-state index contributed by atoms with van der Waals surface area (Å²) in [6.45, 7) is 9.00. The molecule has 2 heteroatoms. The van der Waals surface area contributed by atoms with Crippen LogP contribution in [0.15, 0.2) is 54.6 Å². The maximum atomic E-state index is 13.3. The Balaban J connectivity index is 2.04. The monoisotopic (exact) mass is 329 g/mol. The molecule has 0 spiro atoms. The SMILES string of the molecule is CCN(C(=O)c1ccc2ccc3cccc4ccc1c2c34)C(C)(C)C. The van der Waals surface area contributed by atoms with Crippen molar-refractivity contribution in [2.45, 2.75) is 33.2 Å². The maximum absolute atomic E-state index is 13.3. The van der Waals surface area contributed by atoms with Gasteiger partial charge in [-0.3, -0.25) is 4.79 Å². The second-order valence-electron chi connectivity index (χ2n) is 7.69. The molecule has 0 aliphatic heterocycles. The summed E-state index contributed by atoms with van der Waals surface area (Å²) >= 11 is 0. The molecule has 0 unspecified atom stereocenters. The van der Waals surface area contributed by atoms with Gasteiger partial charge in [-0.25, -0.2) is 0 Å². The summed E-state index contributed by atoms with van der Waals surface area (Å²) in [7, 11) is 0. The van der Waals surface area contributed by atoms with Gasteiger partial charge in [-0.15, -0.1) is 0 Å². The Morgan fingerprint density at radius 2 is 1.40 bits per heavy atom. The first-order valence-electron chi connectivity index (χ1n) is 8.90. The zero-order valence-corrected chi connectivity index (χ0v) is 15.3. The van der Waals surface area contributed by atoms with Crippen LogP contribution in [0.4, 0.5) is 0 Å². The maximum Gasteiger partial charge on any atom is 0.254 e. The van der Waals surface area contributed by atoms with Crippen molar-refractivity contribution < 1.29 is 4.79 Å². The fourth-order valence-corrected chi connectivity index (χ4v) is 3.99. The third-order valence-electron chi connectivity index (χ3n) is 5.13. The lowest BCUT2D eigenvalue weighted by Gasteiger charge is -2.35. The van der Waals surface area contributed by atoms with E-state index in [1.165, 1.54) is 26.9 Å². The molecule has 4 aromatic rings. The lowest BCUT2D eigenvalue weighted by atomic mass is 9.91. The van der Waals surface area contributed by atoms with Gasteiger partial charge in [0.15, 0.2) is 0 Å². The quantitative estimate of drug-likeness (QED) is 0.423. The van der Waals surface area contributed by atoms with Gasteiger partial charge in [0, 0.05) is 17.6 Å². The summed E-state index contributed by atoms with van der Waals surface area (Å²) in [4.78, 5) is 15.2. The molecular weight excluding hydrogens is 306 g/mol. The van der Waals surface area contributed by atoms with Gasteiger partial charge in [0.1, 0.15) is 0 Å². The van der Waals surface area contributed by atoms with E-state index in [2.05, 4.69) is 69.3 Å². The lowest BCUT2D eigenvalue weighted by Crippen LogP contribution is -2.45. The molecule has 1 amide bonds. The molecule has 0 bridgehead atoms. The molecule has 0 aliphatic carbocycles.